The van der Waals surface area contributed by atoms with Crippen molar-refractivity contribution in [1.29, 1.82) is 0 Å². The van der Waals surface area contributed by atoms with Gasteiger partial charge in [0.25, 0.3) is 0 Å². The van der Waals surface area contributed by atoms with E-state index < -0.39 is 6.03 Å². The van der Waals surface area contributed by atoms with Crippen molar-refractivity contribution in [3.63, 3.8) is 0 Å². The van der Waals surface area contributed by atoms with Gasteiger partial charge in [-0.3, -0.25) is 0 Å². The fourth-order valence-electron chi connectivity index (χ4n) is 0.713. The number of hydrogen-bond donors (Lipinski definition) is 0. The first kappa shape index (κ1) is 14.1. The largest absolute Gasteiger partial charge is 0.392 e. The molecule has 0 spiro atoms. The predicted octanol–water partition coefficient (Wildman–Crippen LogP) is 2.57. The molecule has 5 heteroatoms. The van der Waals surface area contributed by atoms with E-state index in [1.54, 1.807) is 0 Å². The summed E-state index contributed by atoms with van der Waals surface area (Å²) >= 11 is 0. The molecular weight excluding hydrogens is 196 g/mol. The van der Waals surface area contributed by atoms with Crippen LogP contribution in [0.4, 0.5) is 4.79 Å². The Morgan fingerprint density at radius 2 is 1.73 bits per heavy atom. The summed E-state index contributed by atoms with van der Waals surface area (Å²) < 4.78 is 0. The zero-order valence-electron chi connectivity index (χ0n) is 9.73. The highest BCUT2D eigenvalue weighted by atomic mass is 17.0. The highest BCUT2D eigenvalue weighted by Gasteiger charge is 2.13. The normalized spacial score (nSPS) is 10.9. The van der Waals surface area contributed by atoms with Gasteiger partial charge in [-0.2, -0.15) is 0 Å². The standard InChI is InChI=1S/C10H20N2O3/c1-4-7-11-10(13)12(14-8-5-2)15-9-6-3/h7H,4-6,8-9H2,1-3H3. The number of urea groups is 1. The monoisotopic (exact) mass is 216 g/mol. The molecule has 0 rings (SSSR count). The number of carbonyl (C=O) groups excluding carboxylic acids is 1. The molecule has 0 aliphatic rings. The third kappa shape index (κ3) is 7.04. The number of nitrogens with zero attached hydrogens (tertiary/aromatic N) is 2. The Labute approximate surface area is 91.0 Å². The third-order valence-corrected chi connectivity index (χ3v) is 1.37. The smallest absolute Gasteiger partial charge is 0.244 e. The van der Waals surface area contributed by atoms with Gasteiger partial charge in [-0.15, -0.1) is 0 Å². The van der Waals surface area contributed by atoms with Crippen LogP contribution < -0.4 is 0 Å². The van der Waals surface area contributed by atoms with E-state index in [2.05, 4.69) is 4.99 Å². The lowest BCUT2D eigenvalue weighted by Gasteiger charge is -2.17. The van der Waals surface area contributed by atoms with E-state index in [1.165, 1.54) is 6.21 Å². The van der Waals surface area contributed by atoms with E-state index in [1.807, 2.05) is 20.8 Å². The van der Waals surface area contributed by atoms with Gasteiger partial charge in [-0.1, -0.05) is 26.0 Å². The minimum Gasteiger partial charge on any atom is -0.244 e. The molecule has 0 saturated carbocycles. The van der Waals surface area contributed by atoms with Crippen molar-refractivity contribution in [2.75, 3.05) is 13.2 Å². The lowest BCUT2D eigenvalue weighted by Crippen LogP contribution is -2.29. The van der Waals surface area contributed by atoms with Gasteiger partial charge < -0.3 is 0 Å². The Bertz CT molecular complexity index is 187. The second kappa shape index (κ2) is 9.61. The van der Waals surface area contributed by atoms with E-state index in [4.69, 9.17) is 9.68 Å². The fourth-order valence-corrected chi connectivity index (χ4v) is 0.713. The van der Waals surface area contributed by atoms with Gasteiger partial charge in [-0.25, -0.2) is 19.5 Å². The molecule has 0 radical (unpaired) electrons. The van der Waals surface area contributed by atoms with Gasteiger partial charge in [-0.05, 0) is 19.3 Å². The van der Waals surface area contributed by atoms with E-state index in [9.17, 15) is 4.79 Å². The maximum absolute atomic E-state index is 11.4. The lowest BCUT2D eigenvalue weighted by atomic mass is 10.5. The number of amides is 2. The summed E-state index contributed by atoms with van der Waals surface area (Å²) in [5.74, 6) is 0. The molecule has 5 nitrogen and oxygen atoms in total. The van der Waals surface area contributed by atoms with E-state index in [-0.39, 0.29) is 0 Å². The number of carbonyl (C=O) groups is 1. The van der Waals surface area contributed by atoms with Crippen molar-refractivity contribution in [2.24, 2.45) is 4.99 Å². The van der Waals surface area contributed by atoms with Crippen molar-refractivity contribution in [1.82, 2.24) is 5.23 Å². The van der Waals surface area contributed by atoms with Crippen molar-refractivity contribution >= 4 is 12.2 Å². The molecule has 0 aromatic rings. The van der Waals surface area contributed by atoms with Crippen LogP contribution in [0.1, 0.15) is 40.0 Å². The van der Waals surface area contributed by atoms with Gasteiger partial charge in [0.1, 0.15) is 0 Å². The molecule has 0 heterocycles. The van der Waals surface area contributed by atoms with Crippen LogP contribution >= 0.6 is 0 Å². The van der Waals surface area contributed by atoms with Crippen LogP contribution in [0.15, 0.2) is 4.99 Å². The molecule has 0 aromatic carbocycles. The second-order valence-corrected chi connectivity index (χ2v) is 2.93. The summed E-state index contributed by atoms with van der Waals surface area (Å²) in [7, 11) is 0. The van der Waals surface area contributed by atoms with E-state index in [0.717, 1.165) is 18.1 Å². The third-order valence-electron chi connectivity index (χ3n) is 1.37. The Kier molecular flexibility index (Phi) is 9.01. The molecule has 15 heavy (non-hydrogen) atoms. The molecule has 0 N–H and O–H groups in total. The van der Waals surface area contributed by atoms with Crippen LogP contribution in [0.5, 0.6) is 0 Å². The molecule has 2 amide bonds. The Morgan fingerprint density at radius 1 is 1.20 bits per heavy atom. The fraction of sp³-hybridized carbons (Fsp3) is 0.800. The molecule has 0 bridgehead atoms. The summed E-state index contributed by atoms with van der Waals surface area (Å²) in [5, 5.41) is 0.860. The second-order valence-electron chi connectivity index (χ2n) is 2.93. The summed E-state index contributed by atoms with van der Waals surface area (Å²) in [6.07, 6.45) is 3.87. The lowest BCUT2D eigenvalue weighted by molar-refractivity contribution is -0.325. The number of hydroxylamine groups is 2. The molecule has 0 aliphatic heterocycles. The number of hydrogen-bond acceptors (Lipinski definition) is 3. The summed E-state index contributed by atoms with van der Waals surface area (Å²) in [5.41, 5.74) is 0. The molecule has 0 saturated heterocycles. The molecule has 0 atom stereocenters. The molecule has 0 aromatic heterocycles. The molecular formula is C10H20N2O3. The summed E-state index contributed by atoms with van der Waals surface area (Å²) in [6, 6.07) is -0.515. The van der Waals surface area contributed by atoms with Gasteiger partial charge in [0.15, 0.2) is 0 Å². The van der Waals surface area contributed by atoms with Crippen molar-refractivity contribution in [2.45, 2.75) is 40.0 Å². The van der Waals surface area contributed by atoms with Gasteiger partial charge >= 0.3 is 6.03 Å². The van der Waals surface area contributed by atoms with Crippen LogP contribution in [0.3, 0.4) is 0 Å². The van der Waals surface area contributed by atoms with Crippen LogP contribution in [0, 0.1) is 0 Å². The van der Waals surface area contributed by atoms with Crippen LogP contribution in [0.25, 0.3) is 0 Å². The van der Waals surface area contributed by atoms with Gasteiger partial charge in [0, 0.05) is 6.21 Å². The van der Waals surface area contributed by atoms with Crippen molar-refractivity contribution in [3.8, 4) is 0 Å². The maximum atomic E-state index is 11.4. The van der Waals surface area contributed by atoms with Gasteiger partial charge in [0.2, 0.25) is 0 Å². The van der Waals surface area contributed by atoms with Crippen LogP contribution in [-0.4, -0.2) is 30.7 Å². The van der Waals surface area contributed by atoms with E-state index >= 15 is 0 Å². The first-order chi connectivity index (χ1) is 7.26. The molecule has 0 fully saturated rings. The first-order valence-electron chi connectivity index (χ1n) is 5.38. The summed E-state index contributed by atoms with van der Waals surface area (Å²) in [4.78, 5) is 25.3. The topological polar surface area (TPSA) is 51.1 Å². The minimum atomic E-state index is -0.515. The molecule has 88 valence electrons. The Balaban J connectivity index is 4.07. The summed E-state index contributed by atoms with van der Waals surface area (Å²) in [6.45, 7) is 6.70. The zero-order chi connectivity index (χ0) is 11.5. The van der Waals surface area contributed by atoms with E-state index in [0.29, 0.717) is 19.6 Å². The maximum Gasteiger partial charge on any atom is 0.392 e. The Morgan fingerprint density at radius 3 is 2.13 bits per heavy atom. The quantitative estimate of drug-likeness (QED) is 0.485. The van der Waals surface area contributed by atoms with Crippen LogP contribution in [0.2, 0.25) is 0 Å². The van der Waals surface area contributed by atoms with Crippen LogP contribution in [-0.2, 0) is 9.68 Å². The number of rotatable bonds is 7. The first-order valence-corrected chi connectivity index (χ1v) is 5.38. The molecule has 0 aliphatic carbocycles. The average molecular weight is 216 g/mol. The Hall–Kier alpha value is -0.940. The highest BCUT2D eigenvalue weighted by molar-refractivity contribution is 5.82. The zero-order valence-corrected chi connectivity index (χ0v) is 9.73. The minimum absolute atomic E-state index is 0.442. The highest BCUT2D eigenvalue weighted by Crippen LogP contribution is 1.99. The van der Waals surface area contributed by atoms with Gasteiger partial charge in [0.05, 0.1) is 13.2 Å². The molecule has 0 unspecified atom stereocenters. The average Bonchev–Trinajstić information content (AvgIpc) is 2.26. The number of aliphatic imine (C=N–C) groups is 1. The SMILES string of the molecule is CCC=NC(=O)N(OCCC)OCCC. The van der Waals surface area contributed by atoms with Crippen molar-refractivity contribution in [3.05, 3.63) is 0 Å². The van der Waals surface area contributed by atoms with Crippen molar-refractivity contribution < 1.29 is 14.5 Å². The predicted molar refractivity (Wildman–Crippen MR) is 58.5 cm³/mol.